The summed E-state index contributed by atoms with van der Waals surface area (Å²) in [5.74, 6) is -0.0316. The monoisotopic (exact) mass is 251 g/mol. The van der Waals surface area contributed by atoms with E-state index in [1.807, 2.05) is 36.4 Å². The Morgan fingerprint density at radius 1 is 0.947 bits per heavy atom. The van der Waals surface area contributed by atoms with Gasteiger partial charge < -0.3 is 4.57 Å². The lowest BCUT2D eigenvalue weighted by atomic mass is 10.0. The number of hydrogen-bond acceptors (Lipinski definition) is 2. The summed E-state index contributed by atoms with van der Waals surface area (Å²) >= 11 is 0. The molecular formula is C16H13NO2. The maximum absolute atomic E-state index is 12.4. The Labute approximate surface area is 110 Å². The first-order valence-corrected chi connectivity index (χ1v) is 6.12. The summed E-state index contributed by atoms with van der Waals surface area (Å²) in [5.41, 5.74) is 1.22. The molecule has 19 heavy (non-hydrogen) atoms. The lowest BCUT2D eigenvalue weighted by Crippen LogP contribution is -2.19. The standard InChI is InChI=1S/C16H13NO2/c1-10(18)11-8-5-9-13-12-6-3-4-7-14(12)16(19)17(2)15(11)13/h3-9H,1-2H3. The molecule has 0 N–H and O–H groups in total. The van der Waals surface area contributed by atoms with Crippen molar-refractivity contribution in [3.8, 4) is 0 Å². The molecule has 0 amide bonds. The van der Waals surface area contributed by atoms with Crippen LogP contribution in [0, 0.1) is 0 Å². The van der Waals surface area contributed by atoms with Crippen molar-refractivity contribution < 1.29 is 4.79 Å². The highest BCUT2D eigenvalue weighted by atomic mass is 16.1. The van der Waals surface area contributed by atoms with Gasteiger partial charge in [0.2, 0.25) is 0 Å². The summed E-state index contributed by atoms with van der Waals surface area (Å²) in [6.07, 6.45) is 0. The lowest BCUT2D eigenvalue weighted by molar-refractivity contribution is 0.101. The van der Waals surface area contributed by atoms with Gasteiger partial charge in [0, 0.05) is 23.4 Å². The van der Waals surface area contributed by atoms with Crippen LogP contribution in [0.2, 0.25) is 0 Å². The van der Waals surface area contributed by atoms with Gasteiger partial charge in [0.15, 0.2) is 5.78 Å². The fourth-order valence-electron chi connectivity index (χ4n) is 2.59. The van der Waals surface area contributed by atoms with E-state index in [1.165, 1.54) is 6.92 Å². The van der Waals surface area contributed by atoms with E-state index in [0.717, 1.165) is 10.8 Å². The van der Waals surface area contributed by atoms with Crippen LogP contribution in [0.15, 0.2) is 47.3 Å². The van der Waals surface area contributed by atoms with Crippen LogP contribution in [0.3, 0.4) is 0 Å². The van der Waals surface area contributed by atoms with Crippen molar-refractivity contribution in [1.29, 1.82) is 0 Å². The van der Waals surface area contributed by atoms with Gasteiger partial charge in [0.1, 0.15) is 0 Å². The molecule has 3 rings (SSSR count). The number of carbonyl (C=O) groups excluding carboxylic acids is 1. The minimum atomic E-state index is -0.0724. The predicted octanol–water partition coefficient (Wildman–Crippen LogP) is 2.89. The Kier molecular flexibility index (Phi) is 2.49. The van der Waals surface area contributed by atoms with Crippen LogP contribution in [-0.4, -0.2) is 10.4 Å². The van der Waals surface area contributed by atoms with E-state index in [9.17, 15) is 9.59 Å². The van der Waals surface area contributed by atoms with Crippen molar-refractivity contribution in [2.75, 3.05) is 0 Å². The zero-order valence-corrected chi connectivity index (χ0v) is 10.8. The van der Waals surface area contributed by atoms with Crippen LogP contribution < -0.4 is 5.56 Å². The highest BCUT2D eigenvalue weighted by Crippen LogP contribution is 2.25. The first-order chi connectivity index (χ1) is 9.11. The molecule has 2 aromatic carbocycles. The Hall–Kier alpha value is -2.42. The van der Waals surface area contributed by atoms with E-state index in [2.05, 4.69) is 0 Å². The number of carbonyl (C=O) groups is 1. The summed E-state index contributed by atoms with van der Waals surface area (Å²) in [5, 5.41) is 2.51. The molecule has 0 unspecified atom stereocenters. The number of rotatable bonds is 1. The first kappa shape index (κ1) is 11.7. The third-order valence-corrected chi connectivity index (χ3v) is 3.50. The van der Waals surface area contributed by atoms with Gasteiger partial charge in [-0.15, -0.1) is 0 Å². The van der Waals surface area contributed by atoms with Gasteiger partial charge in [-0.05, 0) is 24.4 Å². The van der Waals surface area contributed by atoms with E-state index >= 15 is 0 Å². The van der Waals surface area contributed by atoms with Crippen LogP contribution >= 0.6 is 0 Å². The molecular weight excluding hydrogens is 238 g/mol. The number of fused-ring (bicyclic) bond motifs is 3. The van der Waals surface area contributed by atoms with E-state index in [0.29, 0.717) is 16.5 Å². The molecule has 1 aromatic heterocycles. The average molecular weight is 251 g/mol. The van der Waals surface area contributed by atoms with Gasteiger partial charge in [0.05, 0.1) is 5.52 Å². The summed E-state index contributed by atoms with van der Waals surface area (Å²) in [6, 6.07) is 13.1. The zero-order valence-electron chi connectivity index (χ0n) is 10.8. The van der Waals surface area contributed by atoms with Crippen LogP contribution in [0.25, 0.3) is 21.7 Å². The van der Waals surface area contributed by atoms with Crippen molar-refractivity contribution in [3.63, 3.8) is 0 Å². The molecule has 0 aliphatic heterocycles. The minimum Gasteiger partial charge on any atom is -0.310 e. The second-order valence-electron chi connectivity index (χ2n) is 4.67. The summed E-state index contributed by atoms with van der Waals surface area (Å²) in [4.78, 5) is 24.1. The number of aryl methyl sites for hydroxylation is 1. The number of pyridine rings is 1. The zero-order chi connectivity index (χ0) is 13.6. The molecule has 0 spiro atoms. The Morgan fingerprint density at radius 2 is 1.58 bits per heavy atom. The molecule has 3 heteroatoms. The predicted molar refractivity (Wildman–Crippen MR) is 76.7 cm³/mol. The Balaban J connectivity index is 2.70. The number of Topliss-reactive ketones (excluding diaryl/α,β-unsaturated/α-hetero) is 1. The van der Waals surface area contributed by atoms with E-state index in [1.54, 1.807) is 17.7 Å². The van der Waals surface area contributed by atoms with Crippen molar-refractivity contribution in [3.05, 3.63) is 58.4 Å². The summed E-state index contributed by atoms with van der Waals surface area (Å²) < 4.78 is 1.56. The van der Waals surface area contributed by atoms with E-state index in [-0.39, 0.29) is 11.3 Å². The Bertz CT molecular complexity index is 875. The maximum atomic E-state index is 12.4. The molecule has 0 aliphatic rings. The fraction of sp³-hybridized carbons (Fsp3) is 0.125. The SMILES string of the molecule is CC(=O)c1cccc2c3ccccc3c(=O)n(C)c12. The highest BCUT2D eigenvalue weighted by molar-refractivity contribution is 6.13. The molecule has 3 nitrogen and oxygen atoms in total. The molecule has 0 radical (unpaired) electrons. The van der Waals surface area contributed by atoms with Crippen LogP contribution in [0.1, 0.15) is 17.3 Å². The first-order valence-electron chi connectivity index (χ1n) is 6.12. The minimum absolute atomic E-state index is 0.0316. The quantitative estimate of drug-likeness (QED) is 0.492. The van der Waals surface area contributed by atoms with Gasteiger partial charge >= 0.3 is 0 Å². The van der Waals surface area contributed by atoms with Crippen molar-refractivity contribution in [2.24, 2.45) is 7.05 Å². The van der Waals surface area contributed by atoms with E-state index in [4.69, 9.17) is 0 Å². The van der Waals surface area contributed by atoms with Crippen LogP contribution in [-0.2, 0) is 7.05 Å². The van der Waals surface area contributed by atoms with Gasteiger partial charge in [0.25, 0.3) is 5.56 Å². The third-order valence-electron chi connectivity index (χ3n) is 3.50. The number of ketones is 1. The third kappa shape index (κ3) is 1.58. The number of nitrogens with zero attached hydrogens (tertiary/aromatic N) is 1. The van der Waals surface area contributed by atoms with Crippen LogP contribution in [0.4, 0.5) is 0 Å². The smallest absolute Gasteiger partial charge is 0.258 e. The number of aromatic nitrogens is 1. The molecule has 3 aromatic rings. The topological polar surface area (TPSA) is 39.1 Å². The summed E-state index contributed by atoms with van der Waals surface area (Å²) in [7, 11) is 1.71. The van der Waals surface area contributed by atoms with Crippen molar-refractivity contribution in [1.82, 2.24) is 4.57 Å². The van der Waals surface area contributed by atoms with Crippen LogP contribution in [0.5, 0.6) is 0 Å². The average Bonchev–Trinajstić information content (AvgIpc) is 2.44. The molecule has 0 bridgehead atoms. The molecule has 0 aliphatic carbocycles. The lowest BCUT2D eigenvalue weighted by Gasteiger charge is -2.11. The van der Waals surface area contributed by atoms with Gasteiger partial charge in [-0.3, -0.25) is 9.59 Å². The molecule has 0 saturated carbocycles. The normalized spacial score (nSPS) is 11.1. The fourth-order valence-corrected chi connectivity index (χ4v) is 2.59. The van der Waals surface area contributed by atoms with Gasteiger partial charge in [-0.1, -0.05) is 30.3 Å². The number of hydrogen-bond donors (Lipinski definition) is 0. The second-order valence-corrected chi connectivity index (χ2v) is 4.67. The second kappa shape index (κ2) is 4.05. The summed E-state index contributed by atoms with van der Waals surface area (Å²) in [6.45, 7) is 1.52. The molecule has 94 valence electrons. The molecule has 1 heterocycles. The Morgan fingerprint density at radius 3 is 2.26 bits per heavy atom. The molecule has 0 fully saturated rings. The largest absolute Gasteiger partial charge is 0.310 e. The maximum Gasteiger partial charge on any atom is 0.258 e. The van der Waals surface area contributed by atoms with E-state index < -0.39 is 0 Å². The molecule has 0 saturated heterocycles. The van der Waals surface area contributed by atoms with Gasteiger partial charge in [-0.2, -0.15) is 0 Å². The number of para-hydroxylation sites is 1. The van der Waals surface area contributed by atoms with Gasteiger partial charge in [-0.25, -0.2) is 0 Å². The highest BCUT2D eigenvalue weighted by Gasteiger charge is 2.13. The van der Waals surface area contributed by atoms with Crippen molar-refractivity contribution >= 4 is 27.5 Å². The number of benzene rings is 2. The molecule has 0 atom stereocenters. The van der Waals surface area contributed by atoms with Crippen molar-refractivity contribution in [2.45, 2.75) is 6.92 Å².